The molecule has 34 heavy (non-hydrogen) atoms. The maximum absolute atomic E-state index is 13.5. The molecule has 4 aromatic rings. The van der Waals surface area contributed by atoms with Crippen LogP contribution in [-0.2, 0) is 11.3 Å². The minimum Gasteiger partial charge on any atom is -0.459 e. The molecule has 0 saturated heterocycles. The number of para-hydroxylation sites is 1. The van der Waals surface area contributed by atoms with Crippen molar-refractivity contribution in [3.8, 4) is 16.9 Å². The van der Waals surface area contributed by atoms with Crippen molar-refractivity contribution in [2.24, 2.45) is 5.92 Å². The number of rotatable bonds is 8. The zero-order valence-electron chi connectivity index (χ0n) is 18.9. The van der Waals surface area contributed by atoms with E-state index in [2.05, 4.69) is 15.7 Å². The maximum Gasteiger partial charge on any atom is 0.287 e. The van der Waals surface area contributed by atoms with Crippen molar-refractivity contribution in [1.82, 2.24) is 20.4 Å². The van der Waals surface area contributed by atoms with Crippen LogP contribution >= 0.6 is 0 Å². The first-order valence-corrected chi connectivity index (χ1v) is 10.9. The lowest BCUT2D eigenvalue weighted by molar-refractivity contribution is -0.124. The zero-order chi connectivity index (χ0) is 24.1. The fourth-order valence-electron chi connectivity index (χ4n) is 3.55. The molecule has 0 spiro atoms. The topological polar surface area (TPSA) is 89.2 Å². The Balaban J connectivity index is 1.55. The van der Waals surface area contributed by atoms with Gasteiger partial charge in [-0.05, 0) is 54.4 Å². The fourth-order valence-corrected chi connectivity index (χ4v) is 3.55. The number of benzene rings is 2. The SMILES string of the molecule is CC(C)[C@H](NC(=O)c1ccco1)C(=O)NCc1cn(-c2ccccc2)nc1-c1ccc(F)cc1. The number of hydrogen-bond donors (Lipinski definition) is 2. The number of hydrogen-bond acceptors (Lipinski definition) is 4. The largest absolute Gasteiger partial charge is 0.459 e. The lowest BCUT2D eigenvalue weighted by Gasteiger charge is -2.21. The fraction of sp³-hybridized carbons (Fsp3) is 0.192. The second-order valence-corrected chi connectivity index (χ2v) is 8.18. The van der Waals surface area contributed by atoms with Gasteiger partial charge >= 0.3 is 0 Å². The minimum absolute atomic E-state index is 0.140. The molecule has 8 heteroatoms. The molecule has 2 N–H and O–H groups in total. The van der Waals surface area contributed by atoms with Gasteiger partial charge in [-0.2, -0.15) is 5.10 Å². The van der Waals surface area contributed by atoms with E-state index in [-0.39, 0.29) is 29.9 Å². The van der Waals surface area contributed by atoms with Gasteiger partial charge in [0.2, 0.25) is 5.91 Å². The first-order valence-electron chi connectivity index (χ1n) is 10.9. The maximum atomic E-state index is 13.5. The summed E-state index contributed by atoms with van der Waals surface area (Å²) in [7, 11) is 0. The molecule has 0 radical (unpaired) electrons. The Morgan fingerprint density at radius 2 is 1.76 bits per heavy atom. The smallest absolute Gasteiger partial charge is 0.287 e. The van der Waals surface area contributed by atoms with E-state index in [1.54, 1.807) is 22.9 Å². The number of aromatic nitrogens is 2. The number of amides is 2. The van der Waals surface area contributed by atoms with Gasteiger partial charge in [0.05, 0.1) is 17.6 Å². The van der Waals surface area contributed by atoms with Crippen molar-refractivity contribution in [2.75, 3.05) is 0 Å². The Morgan fingerprint density at radius 3 is 2.41 bits per heavy atom. The third-order valence-electron chi connectivity index (χ3n) is 5.36. The van der Waals surface area contributed by atoms with E-state index in [1.807, 2.05) is 50.4 Å². The van der Waals surface area contributed by atoms with Crippen LogP contribution in [0.4, 0.5) is 4.39 Å². The van der Waals surface area contributed by atoms with Crippen LogP contribution in [0.15, 0.2) is 83.6 Å². The predicted molar refractivity (Wildman–Crippen MR) is 126 cm³/mol. The molecule has 2 amide bonds. The highest BCUT2D eigenvalue weighted by Gasteiger charge is 2.26. The predicted octanol–water partition coefficient (Wildman–Crippen LogP) is 4.34. The number of carbonyl (C=O) groups excluding carboxylic acids is 2. The standard InChI is InChI=1S/C26H25FN4O3/c1-17(2)23(29-25(32)22-9-6-14-34-22)26(33)28-15-19-16-31(21-7-4-3-5-8-21)30-24(19)18-10-12-20(27)13-11-18/h3-14,16-17,23H,15H2,1-2H3,(H,28,33)(H,29,32)/t23-/m0/s1. The van der Waals surface area contributed by atoms with Gasteiger partial charge in [0, 0.05) is 23.9 Å². The molecule has 0 aliphatic rings. The van der Waals surface area contributed by atoms with E-state index in [0.29, 0.717) is 5.69 Å². The summed E-state index contributed by atoms with van der Waals surface area (Å²) in [6, 6.07) is 18.0. The van der Waals surface area contributed by atoms with E-state index in [9.17, 15) is 14.0 Å². The quantitative estimate of drug-likeness (QED) is 0.409. The summed E-state index contributed by atoms with van der Waals surface area (Å²) in [5.41, 5.74) is 2.97. The Kier molecular flexibility index (Phi) is 6.87. The van der Waals surface area contributed by atoms with Crippen molar-refractivity contribution >= 4 is 11.8 Å². The molecule has 0 saturated carbocycles. The summed E-state index contributed by atoms with van der Waals surface area (Å²) in [6.45, 7) is 3.88. The van der Waals surface area contributed by atoms with Gasteiger partial charge in [-0.3, -0.25) is 9.59 Å². The minimum atomic E-state index is -0.754. The summed E-state index contributed by atoms with van der Waals surface area (Å²) >= 11 is 0. The van der Waals surface area contributed by atoms with Gasteiger partial charge in [0.1, 0.15) is 11.9 Å². The van der Waals surface area contributed by atoms with Crippen LogP contribution in [0.3, 0.4) is 0 Å². The highest BCUT2D eigenvalue weighted by atomic mass is 19.1. The van der Waals surface area contributed by atoms with Crippen LogP contribution in [-0.4, -0.2) is 27.6 Å². The van der Waals surface area contributed by atoms with Crippen molar-refractivity contribution < 1.29 is 18.4 Å². The third kappa shape index (κ3) is 5.23. The Bertz CT molecular complexity index is 1250. The van der Waals surface area contributed by atoms with Crippen LogP contribution in [0.25, 0.3) is 16.9 Å². The molecule has 2 aromatic carbocycles. The molecule has 0 aliphatic carbocycles. The molecule has 1 atom stereocenters. The molecule has 0 bridgehead atoms. The Hall–Kier alpha value is -4.20. The summed E-state index contributed by atoms with van der Waals surface area (Å²) < 4.78 is 20.3. The monoisotopic (exact) mass is 460 g/mol. The van der Waals surface area contributed by atoms with Gasteiger partial charge in [0.15, 0.2) is 5.76 Å². The van der Waals surface area contributed by atoms with Crippen LogP contribution in [0.1, 0.15) is 30.0 Å². The van der Waals surface area contributed by atoms with E-state index in [0.717, 1.165) is 16.8 Å². The number of carbonyl (C=O) groups is 2. The lowest BCUT2D eigenvalue weighted by atomic mass is 10.0. The molecule has 4 rings (SSSR count). The molecule has 0 unspecified atom stereocenters. The number of furan rings is 1. The molecule has 2 aromatic heterocycles. The summed E-state index contributed by atoms with van der Waals surface area (Å²) in [5.74, 6) is -1.13. The van der Waals surface area contributed by atoms with E-state index in [4.69, 9.17) is 4.42 Å². The van der Waals surface area contributed by atoms with Gasteiger partial charge in [0.25, 0.3) is 5.91 Å². The highest BCUT2D eigenvalue weighted by Crippen LogP contribution is 2.24. The molecule has 7 nitrogen and oxygen atoms in total. The second kappa shape index (κ2) is 10.2. The lowest BCUT2D eigenvalue weighted by Crippen LogP contribution is -2.49. The van der Waals surface area contributed by atoms with Crippen molar-refractivity contribution in [2.45, 2.75) is 26.4 Å². The molecular weight excluding hydrogens is 435 g/mol. The first-order chi connectivity index (χ1) is 16.4. The zero-order valence-corrected chi connectivity index (χ0v) is 18.9. The van der Waals surface area contributed by atoms with Gasteiger partial charge < -0.3 is 15.1 Å². The number of halogens is 1. The average Bonchev–Trinajstić information content (AvgIpc) is 3.52. The molecular formula is C26H25FN4O3. The second-order valence-electron chi connectivity index (χ2n) is 8.18. The highest BCUT2D eigenvalue weighted by molar-refractivity contribution is 5.95. The molecule has 2 heterocycles. The summed E-state index contributed by atoms with van der Waals surface area (Å²) in [5, 5.41) is 10.3. The van der Waals surface area contributed by atoms with Gasteiger partial charge in [-0.1, -0.05) is 32.0 Å². The average molecular weight is 461 g/mol. The summed E-state index contributed by atoms with van der Waals surface area (Å²) in [6.07, 6.45) is 3.24. The van der Waals surface area contributed by atoms with Crippen molar-refractivity contribution in [1.29, 1.82) is 0 Å². The van der Waals surface area contributed by atoms with Crippen LogP contribution in [0.5, 0.6) is 0 Å². The molecule has 0 aliphatic heterocycles. The number of nitrogens with zero attached hydrogens (tertiary/aromatic N) is 2. The number of nitrogens with one attached hydrogen (secondary N) is 2. The summed E-state index contributed by atoms with van der Waals surface area (Å²) in [4.78, 5) is 25.4. The van der Waals surface area contributed by atoms with Crippen molar-refractivity contribution in [3.63, 3.8) is 0 Å². The van der Waals surface area contributed by atoms with Gasteiger partial charge in [-0.15, -0.1) is 0 Å². The van der Waals surface area contributed by atoms with Crippen LogP contribution < -0.4 is 10.6 Å². The third-order valence-corrected chi connectivity index (χ3v) is 5.36. The molecule has 174 valence electrons. The Morgan fingerprint density at radius 1 is 1.03 bits per heavy atom. The first kappa shape index (κ1) is 23.0. The van der Waals surface area contributed by atoms with E-state index >= 15 is 0 Å². The van der Waals surface area contributed by atoms with E-state index < -0.39 is 11.9 Å². The van der Waals surface area contributed by atoms with Crippen LogP contribution in [0.2, 0.25) is 0 Å². The Labute approximate surface area is 196 Å². The molecule has 0 fully saturated rings. The normalized spacial score (nSPS) is 11.9. The van der Waals surface area contributed by atoms with Crippen molar-refractivity contribution in [3.05, 3.63) is 96.3 Å². The van der Waals surface area contributed by atoms with Gasteiger partial charge in [-0.25, -0.2) is 9.07 Å². The van der Waals surface area contributed by atoms with E-state index in [1.165, 1.54) is 24.5 Å². The van der Waals surface area contributed by atoms with Crippen LogP contribution in [0, 0.1) is 11.7 Å².